The number of likely N-dealkylation sites (N-methyl/N-ethyl adjacent to an activating group) is 1. The second-order valence-electron chi connectivity index (χ2n) is 5.95. The molecule has 1 amide bonds. The summed E-state index contributed by atoms with van der Waals surface area (Å²) in [7, 11) is 2.04. The number of H-pyrrole nitrogens is 1. The van der Waals surface area contributed by atoms with Crippen LogP contribution in [0.1, 0.15) is 25.7 Å². The first kappa shape index (κ1) is 14.8. The summed E-state index contributed by atoms with van der Waals surface area (Å²) in [5, 5.41) is 2.98. The summed E-state index contributed by atoms with van der Waals surface area (Å²) in [5.74, 6) is 0.0381. The molecule has 0 bridgehead atoms. The first-order valence-corrected chi connectivity index (χ1v) is 7.81. The van der Waals surface area contributed by atoms with E-state index in [9.17, 15) is 4.79 Å². The van der Waals surface area contributed by atoms with Gasteiger partial charge in [0.05, 0.1) is 24.8 Å². The van der Waals surface area contributed by atoms with Crippen LogP contribution < -0.4 is 5.32 Å². The summed E-state index contributed by atoms with van der Waals surface area (Å²) in [6, 6.07) is 8.36. The first-order valence-electron chi connectivity index (χ1n) is 7.81. The number of benzene rings is 1. The third kappa shape index (κ3) is 3.54. The molecule has 1 fully saturated rings. The van der Waals surface area contributed by atoms with Crippen molar-refractivity contribution in [3.63, 3.8) is 0 Å². The second kappa shape index (κ2) is 6.75. The van der Waals surface area contributed by atoms with Crippen molar-refractivity contribution in [1.82, 2.24) is 14.9 Å². The van der Waals surface area contributed by atoms with E-state index in [1.54, 1.807) is 12.5 Å². The van der Waals surface area contributed by atoms with Crippen LogP contribution in [0.3, 0.4) is 0 Å². The van der Waals surface area contributed by atoms with Gasteiger partial charge in [-0.3, -0.25) is 9.69 Å². The van der Waals surface area contributed by atoms with Crippen molar-refractivity contribution in [2.45, 2.75) is 31.7 Å². The molecule has 1 aliphatic rings. The fourth-order valence-electron chi connectivity index (χ4n) is 3.08. The van der Waals surface area contributed by atoms with Crippen LogP contribution in [0.5, 0.6) is 0 Å². The van der Waals surface area contributed by atoms with Gasteiger partial charge in [-0.15, -0.1) is 0 Å². The minimum atomic E-state index is 0.0381. The minimum Gasteiger partial charge on any atom is -0.345 e. The van der Waals surface area contributed by atoms with Crippen LogP contribution in [0.4, 0.5) is 5.69 Å². The number of hydrogen-bond acceptors (Lipinski definition) is 3. The van der Waals surface area contributed by atoms with Crippen molar-refractivity contribution in [3.05, 3.63) is 36.8 Å². The average Bonchev–Trinajstić information content (AvgIpc) is 3.21. The van der Waals surface area contributed by atoms with Gasteiger partial charge in [0.1, 0.15) is 0 Å². The van der Waals surface area contributed by atoms with Crippen molar-refractivity contribution < 1.29 is 4.79 Å². The highest BCUT2D eigenvalue weighted by Gasteiger charge is 2.21. The number of amides is 1. The maximum Gasteiger partial charge on any atom is 0.238 e. The number of hydrogen-bond donors (Lipinski definition) is 2. The number of aromatic amines is 1. The predicted molar refractivity (Wildman–Crippen MR) is 87.5 cm³/mol. The molecule has 1 heterocycles. The molecule has 0 atom stereocenters. The standard InChI is InChI=1S/C17H22N4O/c1-21(15-7-2-3-8-15)11-17(22)20-14-6-4-5-13(9-14)16-10-18-12-19-16/h4-6,9-10,12,15H,2-3,7-8,11H2,1H3,(H,18,19)(H,20,22). The molecular formula is C17H22N4O. The highest BCUT2D eigenvalue weighted by atomic mass is 16.2. The summed E-state index contributed by atoms with van der Waals surface area (Å²) in [5.41, 5.74) is 2.77. The monoisotopic (exact) mass is 298 g/mol. The Balaban J connectivity index is 1.60. The van der Waals surface area contributed by atoms with Crippen LogP contribution in [0.15, 0.2) is 36.8 Å². The lowest BCUT2D eigenvalue weighted by Crippen LogP contribution is -2.36. The number of carbonyl (C=O) groups excluding carboxylic acids is 1. The molecule has 1 saturated carbocycles. The van der Waals surface area contributed by atoms with E-state index < -0.39 is 0 Å². The summed E-state index contributed by atoms with van der Waals surface area (Å²) < 4.78 is 0. The Morgan fingerprint density at radius 2 is 2.23 bits per heavy atom. The van der Waals surface area contributed by atoms with E-state index in [1.165, 1.54) is 25.7 Å². The lowest BCUT2D eigenvalue weighted by Gasteiger charge is -2.23. The minimum absolute atomic E-state index is 0.0381. The van der Waals surface area contributed by atoms with Gasteiger partial charge in [-0.1, -0.05) is 25.0 Å². The Kier molecular flexibility index (Phi) is 4.53. The zero-order chi connectivity index (χ0) is 15.4. The fraction of sp³-hybridized carbons (Fsp3) is 0.412. The molecule has 0 saturated heterocycles. The Bertz CT molecular complexity index is 617. The van der Waals surface area contributed by atoms with Gasteiger partial charge in [-0.25, -0.2) is 4.98 Å². The number of rotatable bonds is 5. The van der Waals surface area contributed by atoms with Gasteiger partial charge in [-0.05, 0) is 32.0 Å². The van der Waals surface area contributed by atoms with Gasteiger partial charge in [0.2, 0.25) is 5.91 Å². The molecule has 1 aliphatic carbocycles. The van der Waals surface area contributed by atoms with Crippen LogP contribution in [0, 0.1) is 0 Å². The van der Waals surface area contributed by atoms with Crippen LogP contribution in [0.2, 0.25) is 0 Å². The first-order chi connectivity index (χ1) is 10.7. The molecule has 0 spiro atoms. The van der Waals surface area contributed by atoms with E-state index in [-0.39, 0.29) is 5.91 Å². The molecule has 0 unspecified atom stereocenters. The molecule has 22 heavy (non-hydrogen) atoms. The van der Waals surface area contributed by atoms with Gasteiger partial charge in [0, 0.05) is 17.3 Å². The summed E-state index contributed by atoms with van der Waals surface area (Å²) in [6.07, 6.45) is 8.40. The lowest BCUT2D eigenvalue weighted by molar-refractivity contribution is -0.117. The van der Waals surface area contributed by atoms with Gasteiger partial charge in [-0.2, -0.15) is 0 Å². The molecule has 3 rings (SSSR count). The van der Waals surface area contributed by atoms with Gasteiger partial charge >= 0.3 is 0 Å². The number of imidazole rings is 1. The van der Waals surface area contributed by atoms with Gasteiger partial charge < -0.3 is 10.3 Å². The third-order valence-electron chi connectivity index (χ3n) is 4.30. The molecule has 5 nitrogen and oxygen atoms in total. The smallest absolute Gasteiger partial charge is 0.238 e. The molecule has 0 radical (unpaired) electrons. The number of anilines is 1. The third-order valence-corrected chi connectivity index (χ3v) is 4.30. The molecule has 1 aromatic carbocycles. The van der Waals surface area contributed by atoms with E-state index in [4.69, 9.17) is 0 Å². The highest BCUT2D eigenvalue weighted by molar-refractivity contribution is 5.92. The van der Waals surface area contributed by atoms with E-state index in [1.807, 2.05) is 31.3 Å². The van der Waals surface area contributed by atoms with E-state index in [0.29, 0.717) is 12.6 Å². The number of nitrogens with one attached hydrogen (secondary N) is 2. The van der Waals surface area contributed by atoms with Crippen LogP contribution in [0.25, 0.3) is 11.3 Å². The molecule has 2 N–H and O–H groups in total. The zero-order valence-electron chi connectivity index (χ0n) is 12.9. The maximum atomic E-state index is 12.2. The molecule has 1 aromatic heterocycles. The van der Waals surface area contributed by atoms with Crippen molar-refractivity contribution in [3.8, 4) is 11.3 Å². The largest absolute Gasteiger partial charge is 0.345 e. The van der Waals surface area contributed by atoms with Crippen molar-refractivity contribution in [2.75, 3.05) is 18.9 Å². The predicted octanol–water partition coefficient (Wildman–Crippen LogP) is 2.89. The van der Waals surface area contributed by atoms with Crippen LogP contribution >= 0.6 is 0 Å². The number of aromatic nitrogens is 2. The fourth-order valence-corrected chi connectivity index (χ4v) is 3.08. The Labute approximate surface area is 130 Å². The maximum absolute atomic E-state index is 12.2. The Morgan fingerprint density at radius 1 is 1.41 bits per heavy atom. The van der Waals surface area contributed by atoms with Gasteiger partial charge in [0.15, 0.2) is 0 Å². The highest BCUT2D eigenvalue weighted by Crippen LogP contribution is 2.23. The Hall–Kier alpha value is -2.14. The van der Waals surface area contributed by atoms with Crippen LogP contribution in [-0.2, 0) is 4.79 Å². The van der Waals surface area contributed by atoms with Crippen molar-refractivity contribution in [1.29, 1.82) is 0 Å². The molecule has 0 aliphatic heterocycles. The van der Waals surface area contributed by atoms with E-state index >= 15 is 0 Å². The normalized spacial score (nSPS) is 15.4. The molecular weight excluding hydrogens is 276 g/mol. The molecule has 5 heteroatoms. The SMILES string of the molecule is CN(CC(=O)Nc1cccc(-c2cnc[nH]2)c1)C1CCCC1. The van der Waals surface area contributed by atoms with Crippen LogP contribution in [-0.4, -0.2) is 40.4 Å². The quantitative estimate of drug-likeness (QED) is 0.892. The number of carbonyl (C=O) groups is 1. The number of nitrogens with zero attached hydrogens (tertiary/aromatic N) is 2. The average molecular weight is 298 g/mol. The van der Waals surface area contributed by atoms with Gasteiger partial charge in [0.25, 0.3) is 0 Å². The Morgan fingerprint density at radius 3 is 2.95 bits per heavy atom. The molecule has 2 aromatic rings. The van der Waals surface area contributed by atoms with E-state index in [2.05, 4.69) is 20.2 Å². The van der Waals surface area contributed by atoms with E-state index in [0.717, 1.165) is 16.9 Å². The second-order valence-corrected chi connectivity index (χ2v) is 5.95. The molecule has 116 valence electrons. The van der Waals surface area contributed by atoms with Crippen molar-refractivity contribution in [2.24, 2.45) is 0 Å². The topological polar surface area (TPSA) is 61.0 Å². The summed E-state index contributed by atoms with van der Waals surface area (Å²) in [6.45, 7) is 0.443. The zero-order valence-corrected chi connectivity index (χ0v) is 12.9. The lowest BCUT2D eigenvalue weighted by atomic mass is 10.1. The summed E-state index contributed by atoms with van der Waals surface area (Å²) in [4.78, 5) is 21.5. The summed E-state index contributed by atoms with van der Waals surface area (Å²) >= 11 is 0. The van der Waals surface area contributed by atoms with Crippen molar-refractivity contribution >= 4 is 11.6 Å².